The molecule has 0 unspecified atom stereocenters. The second-order valence-electron chi connectivity index (χ2n) is 4.54. The lowest BCUT2D eigenvalue weighted by Crippen LogP contribution is -2.01. The van der Waals surface area contributed by atoms with Crippen LogP contribution in [0.4, 0.5) is 11.4 Å². The summed E-state index contributed by atoms with van der Waals surface area (Å²) in [5.74, 6) is 1.63. The second-order valence-corrected chi connectivity index (χ2v) is 4.54. The topological polar surface area (TPSA) is 56.5 Å². The maximum Gasteiger partial charge on any atom is 0.123 e. The molecule has 0 aliphatic carbocycles. The van der Waals surface area contributed by atoms with Gasteiger partial charge in [-0.1, -0.05) is 6.07 Å². The highest BCUT2D eigenvalue weighted by Crippen LogP contribution is 2.28. The highest BCUT2D eigenvalue weighted by molar-refractivity contribution is 5.66. The van der Waals surface area contributed by atoms with Crippen LogP contribution in [0.1, 0.15) is 11.1 Å². The Morgan fingerprint density at radius 1 is 1.05 bits per heavy atom. The van der Waals surface area contributed by atoms with E-state index >= 15 is 0 Å². The van der Waals surface area contributed by atoms with Crippen molar-refractivity contribution >= 4 is 11.4 Å². The molecule has 0 amide bonds. The van der Waals surface area contributed by atoms with Crippen LogP contribution >= 0.6 is 0 Å². The van der Waals surface area contributed by atoms with Gasteiger partial charge in [-0.2, -0.15) is 0 Å². The number of hydrogen-bond donors (Lipinski definition) is 2. The molecule has 2 rings (SSSR count). The molecule has 0 aliphatic heterocycles. The Hall–Kier alpha value is -2.20. The summed E-state index contributed by atoms with van der Waals surface area (Å²) in [5.41, 5.74) is 9.84. The number of aryl methyl sites for hydroxylation is 1. The molecular weight excluding hydrogens is 252 g/mol. The van der Waals surface area contributed by atoms with Crippen LogP contribution in [0.15, 0.2) is 36.4 Å². The van der Waals surface area contributed by atoms with E-state index in [9.17, 15) is 0 Å². The third kappa shape index (κ3) is 3.03. The van der Waals surface area contributed by atoms with Gasteiger partial charge >= 0.3 is 0 Å². The van der Waals surface area contributed by atoms with Crippen molar-refractivity contribution in [3.05, 3.63) is 47.5 Å². The van der Waals surface area contributed by atoms with Gasteiger partial charge in [0.2, 0.25) is 0 Å². The Balaban J connectivity index is 2.30. The van der Waals surface area contributed by atoms with Crippen molar-refractivity contribution in [1.29, 1.82) is 0 Å². The molecule has 0 fully saturated rings. The fraction of sp³-hybridized carbons (Fsp3) is 0.250. The molecule has 20 heavy (non-hydrogen) atoms. The summed E-state index contributed by atoms with van der Waals surface area (Å²) < 4.78 is 10.5. The van der Waals surface area contributed by atoms with E-state index in [2.05, 4.69) is 12.2 Å². The molecule has 0 aromatic heterocycles. The van der Waals surface area contributed by atoms with E-state index in [0.717, 1.165) is 34.0 Å². The number of nitrogens with one attached hydrogen (secondary N) is 1. The van der Waals surface area contributed by atoms with Gasteiger partial charge in [0.15, 0.2) is 0 Å². The maximum absolute atomic E-state index is 5.74. The number of rotatable bonds is 5. The van der Waals surface area contributed by atoms with Crippen molar-refractivity contribution in [3.8, 4) is 11.5 Å². The lowest BCUT2D eigenvalue weighted by atomic mass is 10.1. The summed E-state index contributed by atoms with van der Waals surface area (Å²) in [7, 11) is 3.31. The van der Waals surface area contributed by atoms with E-state index < -0.39 is 0 Å². The summed E-state index contributed by atoms with van der Waals surface area (Å²) >= 11 is 0. The van der Waals surface area contributed by atoms with Crippen molar-refractivity contribution in [2.24, 2.45) is 5.73 Å². The lowest BCUT2D eigenvalue weighted by Gasteiger charge is -2.13. The van der Waals surface area contributed by atoms with Gasteiger partial charge in [-0.3, -0.25) is 0 Å². The van der Waals surface area contributed by atoms with E-state index in [4.69, 9.17) is 15.2 Å². The molecule has 0 bridgehead atoms. The van der Waals surface area contributed by atoms with E-state index in [0.29, 0.717) is 6.54 Å². The predicted molar refractivity (Wildman–Crippen MR) is 81.9 cm³/mol. The Labute approximate surface area is 119 Å². The van der Waals surface area contributed by atoms with E-state index in [-0.39, 0.29) is 0 Å². The maximum atomic E-state index is 5.74. The minimum atomic E-state index is 0.440. The third-order valence-corrected chi connectivity index (χ3v) is 3.22. The zero-order chi connectivity index (χ0) is 14.5. The normalized spacial score (nSPS) is 10.2. The molecule has 0 saturated carbocycles. The molecule has 2 aromatic carbocycles. The van der Waals surface area contributed by atoms with Gasteiger partial charge in [0.1, 0.15) is 11.5 Å². The fourth-order valence-corrected chi connectivity index (χ4v) is 2.03. The molecule has 0 aliphatic rings. The van der Waals surface area contributed by atoms with Crippen LogP contribution in [0.3, 0.4) is 0 Å². The smallest absolute Gasteiger partial charge is 0.123 e. The quantitative estimate of drug-likeness (QED) is 0.877. The van der Waals surface area contributed by atoms with E-state index in [1.165, 1.54) is 0 Å². The molecular formula is C16H20N2O2. The van der Waals surface area contributed by atoms with Crippen molar-refractivity contribution in [2.45, 2.75) is 13.5 Å². The summed E-state index contributed by atoms with van der Waals surface area (Å²) in [6, 6.07) is 11.8. The third-order valence-electron chi connectivity index (χ3n) is 3.22. The Morgan fingerprint density at radius 2 is 1.85 bits per heavy atom. The van der Waals surface area contributed by atoms with Gasteiger partial charge in [0.05, 0.1) is 14.2 Å². The van der Waals surface area contributed by atoms with Crippen LogP contribution < -0.4 is 20.5 Å². The van der Waals surface area contributed by atoms with Crippen molar-refractivity contribution < 1.29 is 9.47 Å². The number of benzene rings is 2. The Bertz CT molecular complexity index is 597. The Morgan fingerprint density at radius 3 is 2.50 bits per heavy atom. The van der Waals surface area contributed by atoms with Crippen LogP contribution in [0.2, 0.25) is 0 Å². The average Bonchev–Trinajstić information content (AvgIpc) is 2.49. The molecule has 0 saturated heterocycles. The first-order valence-corrected chi connectivity index (χ1v) is 6.46. The molecule has 3 N–H and O–H groups in total. The minimum absolute atomic E-state index is 0.440. The number of nitrogens with two attached hydrogens (primary N) is 1. The summed E-state index contributed by atoms with van der Waals surface area (Å²) in [6.45, 7) is 2.49. The minimum Gasteiger partial charge on any atom is -0.497 e. The molecule has 0 spiro atoms. The molecule has 0 heterocycles. The Kier molecular flexibility index (Phi) is 4.48. The first-order chi connectivity index (χ1) is 9.67. The first-order valence-electron chi connectivity index (χ1n) is 6.46. The molecule has 4 heteroatoms. The van der Waals surface area contributed by atoms with E-state index in [1.54, 1.807) is 14.2 Å². The summed E-state index contributed by atoms with van der Waals surface area (Å²) in [5, 5.41) is 3.38. The van der Waals surface area contributed by atoms with Crippen LogP contribution in [0, 0.1) is 6.92 Å². The van der Waals surface area contributed by atoms with Gasteiger partial charge < -0.3 is 20.5 Å². The van der Waals surface area contributed by atoms with Crippen LogP contribution in [0.25, 0.3) is 0 Å². The zero-order valence-electron chi connectivity index (χ0n) is 12.1. The number of ether oxygens (including phenoxy) is 2. The van der Waals surface area contributed by atoms with E-state index in [1.807, 2.05) is 36.4 Å². The standard InChI is InChI=1S/C16H20N2O2/c1-11-4-6-14(19-2)9-15(11)18-13-5-7-16(20-3)12(8-13)10-17/h4-9,18H,10,17H2,1-3H3. The summed E-state index contributed by atoms with van der Waals surface area (Å²) in [4.78, 5) is 0. The van der Waals surface area contributed by atoms with Crippen LogP contribution in [-0.4, -0.2) is 14.2 Å². The highest BCUT2D eigenvalue weighted by atomic mass is 16.5. The number of hydrogen-bond acceptors (Lipinski definition) is 4. The second kappa shape index (κ2) is 6.30. The largest absolute Gasteiger partial charge is 0.497 e. The average molecular weight is 272 g/mol. The number of anilines is 2. The lowest BCUT2D eigenvalue weighted by molar-refractivity contribution is 0.410. The van der Waals surface area contributed by atoms with Crippen molar-refractivity contribution in [1.82, 2.24) is 0 Å². The molecule has 0 atom stereocenters. The van der Waals surface area contributed by atoms with Crippen molar-refractivity contribution in [2.75, 3.05) is 19.5 Å². The number of methoxy groups -OCH3 is 2. The fourth-order valence-electron chi connectivity index (χ4n) is 2.03. The monoisotopic (exact) mass is 272 g/mol. The van der Waals surface area contributed by atoms with Gasteiger partial charge in [-0.25, -0.2) is 0 Å². The summed E-state index contributed by atoms with van der Waals surface area (Å²) in [6.07, 6.45) is 0. The molecule has 2 aromatic rings. The van der Waals surface area contributed by atoms with Crippen LogP contribution in [0.5, 0.6) is 11.5 Å². The van der Waals surface area contributed by atoms with Gasteiger partial charge in [0.25, 0.3) is 0 Å². The molecule has 4 nitrogen and oxygen atoms in total. The zero-order valence-corrected chi connectivity index (χ0v) is 12.1. The van der Waals surface area contributed by atoms with Gasteiger partial charge in [-0.05, 0) is 36.8 Å². The van der Waals surface area contributed by atoms with Gasteiger partial charge in [0, 0.05) is 29.5 Å². The van der Waals surface area contributed by atoms with Crippen LogP contribution in [-0.2, 0) is 6.54 Å². The highest BCUT2D eigenvalue weighted by Gasteiger charge is 2.05. The predicted octanol–water partition coefficient (Wildman–Crippen LogP) is 3.21. The van der Waals surface area contributed by atoms with Crippen molar-refractivity contribution in [3.63, 3.8) is 0 Å². The molecule has 0 radical (unpaired) electrons. The first kappa shape index (κ1) is 14.2. The molecule has 106 valence electrons. The SMILES string of the molecule is COc1ccc(C)c(Nc2ccc(OC)c(CN)c2)c1. The van der Waals surface area contributed by atoms with Gasteiger partial charge in [-0.15, -0.1) is 0 Å².